The summed E-state index contributed by atoms with van der Waals surface area (Å²) in [6.07, 6.45) is 0.553. The Morgan fingerprint density at radius 3 is 2.29 bits per heavy atom. The molecule has 160 valence electrons. The van der Waals surface area contributed by atoms with Gasteiger partial charge in [0.2, 0.25) is 5.91 Å². The molecular formula is C26H27NO4. The zero-order chi connectivity index (χ0) is 22.3. The third-order valence-corrected chi connectivity index (χ3v) is 6.22. The van der Waals surface area contributed by atoms with Crippen LogP contribution >= 0.6 is 0 Å². The Hall–Kier alpha value is -3.34. The molecule has 5 nitrogen and oxygen atoms in total. The van der Waals surface area contributed by atoms with E-state index in [9.17, 15) is 9.59 Å². The molecule has 0 unspecified atom stereocenters. The van der Waals surface area contributed by atoms with Crippen LogP contribution in [0.15, 0.2) is 50.0 Å². The summed E-state index contributed by atoms with van der Waals surface area (Å²) in [7, 11) is 0. The molecular weight excluding hydrogens is 390 g/mol. The van der Waals surface area contributed by atoms with E-state index in [4.69, 9.17) is 8.83 Å². The molecule has 0 aliphatic rings. The highest BCUT2D eigenvalue weighted by atomic mass is 16.4. The molecule has 2 aromatic heterocycles. The molecule has 0 saturated heterocycles. The minimum atomic E-state index is -0.392. The fourth-order valence-electron chi connectivity index (χ4n) is 4.16. The molecule has 2 aromatic carbocycles. The van der Waals surface area contributed by atoms with E-state index in [0.717, 1.165) is 44.4 Å². The number of fused-ring (bicyclic) bond motifs is 2. The van der Waals surface area contributed by atoms with Crippen molar-refractivity contribution in [3.8, 4) is 0 Å². The maximum Gasteiger partial charge on any atom is 0.339 e. The number of benzene rings is 2. The number of carbonyl (C=O) groups is 1. The van der Waals surface area contributed by atoms with Crippen molar-refractivity contribution < 1.29 is 13.6 Å². The second kappa shape index (κ2) is 8.06. The fraction of sp³-hybridized carbons (Fsp3) is 0.308. The molecule has 0 aliphatic carbocycles. The van der Waals surface area contributed by atoms with Crippen molar-refractivity contribution in [1.82, 2.24) is 5.32 Å². The number of amides is 1. The highest BCUT2D eigenvalue weighted by molar-refractivity contribution is 6.00. The number of hydrogen-bond acceptors (Lipinski definition) is 4. The molecule has 31 heavy (non-hydrogen) atoms. The average Bonchev–Trinajstić information content (AvgIpc) is 3.04. The van der Waals surface area contributed by atoms with Crippen LogP contribution in [0.3, 0.4) is 0 Å². The number of nitrogens with one attached hydrogen (secondary N) is 1. The number of furan rings is 1. The Balaban J connectivity index is 1.62. The van der Waals surface area contributed by atoms with Gasteiger partial charge in [0.05, 0.1) is 6.04 Å². The molecule has 4 rings (SSSR count). The number of aryl methyl sites for hydroxylation is 4. The third-order valence-electron chi connectivity index (χ3n) is 6.22. The minimum Gasteiger partial charge on any atom is -0.461 e. The molecule has 0 bridgehead atoms. The highest BCUT2D eigenvalue weighted by Crippen LogP contribution is 2.34. The highest BCUT2D eigenvalue weighted by Gasteiger charge is 2.19. The Bertz CT molecular complexity index is 1350. The Kier molecular flexibility index (Phi) is 5.44. The van der Waals surface area contributed by atoms with Crippen molar-refractivity contribution in [2.45, 2.75) is 53.5 Å². The van der Waals surface area contributed by atoms with E-state index in [1.807, 2.05) is 71.0 Å². The Morgan fingerprint density at radius 2 is 1.58 bits per heavy atom. The maximum atomic E-state index is 12.7. The molecule has 4 aromatic rings. The predicted octanol–water partition coefficient (Wildman–Crippen LogP) is 5.58. The standard InChI is InChI=1S/C26H27NO4/c1-14-18(5)30-24-16(3)25-22(13-21(14)24)15(2)20(26(29)31-25)11-12-23(28)27-17(4)19-9-7-6-8-10-19/h6-10,13,17H,11-12H2,1-5H3,(H,27,28)/t17-/m1/s1. The van der Waals surface area contributed by atoms with E-state index in [-0.39, 0.29) is 18.4 Å². The first kappa shape index (κ1) is 20.9. The topological polar surface area (TPSA) is 72.5 Å². The number of carbonyl (C=O) groups excluding carboxylic acids is 1. The van der Waals surface area contributed by atoms with E-state index < -0.39 is 5.63 Å². The Labute approximate surface area is 181 Å². The van der Waals surface area contributed by atoms with Crippen molar-refractivity contribution in [3.63, 3.8) is 0 Å². The van der Waals surface area contributed by atoms with E-state index in [1.54, 1.807) is 0 Å². The third kappa shape index (κ3) is 3.76. The molecule has 0 spiro atoms. The summed E-state index contributed by atoms with van der Waals surface area (Å²) in [5.41, 5.74) is 5.27. The average molecular weight is 418 g/mol. The SMILES string of the molecule is Cc1oc2c(C)c3oc(=O)c(CCC(=O)N[C@H](C)c4ccccc4)c(C)c3cc2c1C. The molecule has 2 heterocycles. The summed E-state index contributed by atoms with van der Waals surface area (Å²) in [4.78, 5) is 25.2. The smallest absolute Gasteiger partial charge is 0.339 e. The van der Waals surface area contributed by atoms with Crippen molar-refractivity contribution >= 4 is 27.8 Å². The van der Waals surface area contributed by atoms with Gasteiger partial charge in [0.25, 0.3) is 0 Å². The largest absolute Gasteiger partial charge is 0.461 e. The number of hydrogen-bond donors (Lipinski definition) is 1. The quantitative estimate of drug-likeness (QED) is 0.430. The lowest BCUT2D eigenvalue weighted by atomic mass is 9.98. The zero-order valence-electron chi connectivity index (χ0n) is 18.6. The lowest BCUT2D eigenvalue weighted by molar-refractivity contribution is -0.121. The van der Waals surface area contributed by atoms with E-state index in [2.05, 4.69) is 5.32 Å². The molecule has 1 atom stereocenters. The van der Waals surface area contributed by atoms with Crippen LogP contribution in [-0.2, 0) is 11.2 Å². The van der Waals surface area contributed by atoms with Crippen molar-refractivity contribution in [2.75, 3.05) is 0 Å². The summed E-state index contributed by atoms with van der Waals surface area (Å²) in [6, 6.07) is 11.7. The van der Waals surface area contributed by atoms with Gasteiger partial charge in [-0.2, -0.15) is 0 Å². The van der Waals surface area contributed by atoms with Crippen LogP contribution in [0.25, 0.3) is 21.9 Å². The van der Waals surface area contributed by atoms with Crippen LogP contribution in [0, 0.1) is 27.7 Å². The van der Waals surface area contributed by atoms with Gasteiger partial charge in [-0.15, -0.1) is 0 Å². The van der Waals surface area contributed by atoms with Gasteiger partial charge in [-0.3, -0.25) is 4.79 Å². The van der Waals surface area contributed by atoms with Gasteiger partial charge in [-0.1, -0.05) is 30.3 Å². The fourth-order valence-corrected chi connectivity index (χ4v) is 4.16. The van der Waals surface area contributed by atoms with Gasteiger partial charge >= 0.3 is 5.63 Å². The molecule has 5 heteroatoms. The first-order chi connectivity index (χ1) is 14.8. The molecule has 0 aliphatic heterocycles. The normalized spacial score (nSPS) is 12.4. The van der Waals surface area contributed by atoms with Crippen LogP contribution in [-0.4, -0.2) is 5.91 Å². The van der Waals surface area contributed by atoms with Gasteiger partial charge in [0, 0.05) is 28.3 Å². The van der Waals surface area contributed by atoms with E-state index in [1.165, 1.54) is 0 Å². The molecule has 0 saturated carbocycles. The van der Waals surface area contributed by atoms with Gasteiger partial charge in [-0.25, -0.2) is 4.79 Å². The summed E-state index contributed by atoms with van der Waals surface area (Å²) in [5, 5.41) is 4.92. The van der Waals surface area contributed by atoms with Gasteiger partial charge in [-0.05, 0) is 63.8 Å². The molecule has 0 fully saturated rings. The molecule has 1 N–H and O–H groups in total. The summed E-state index contributed by atoms with van der Waals surface area (Å²) in [6.45, 7) is 9.75. The van der Waals surface area contributed by atoms with Crippen LogP contribution in [0.1, 0.15) is 53.0 Å². The van der Waals surface area contributed by atoms with Crippen molar-refractivity contribution in [3.05, 3.63) is 80.4 Å². The summed E-state index contributed by atoms with van der Waals surface area (Å²) in [5.74, 6) is 0.765. The summed E-state index contributed by atoms with van der Waals surface area (Å²) < 4.78 is 11.6. The van der Waals surface area contributed by atoms with Crippen molar-refractivity contribution in [1.29, 1.82) is 0 Å². The number of rotatable bonds is 5. The van der Waals surface area contributed by atoms with Crippen LogP contribution in [0.4, 0.5) is 0 Å². The van der Waals surface area contributed by atoms with Gasteiger partial charge in [0.15, 0.2) is 0 Å². The molecule has 0 radical (unpaired) electrons. The second-order valence-corrected chi connectivity index (χ2v) is 8.23. The van der Waals surface area contributed by atoms with Crippen LogP contribution in [0.2, 0.25) is 0 Å². The van der Waals surface area contributed by atoms with Gasteiger partial charge < -0.3 is 14.2 Å². The zero-order valence-corrected chi connectivity index (χ0v) is 18.6. The summed E-state index contributed by atoms with van der Waals surface area (Å²) >= 11 is 0. The van der Waals surface area contributed by atoms with Gasteiger partial charge in [0.1, 0.15) is 16.9 Å². The Morgan fingerprint density at radius 1 is 0.935 bits per heavy atom. The van der Waals surface area contributed by atoms with E-state index >= 15 is 0 Å². The second-order valence-electron chi connectivity index (χ2n) is 8.23. The lowest BCUT2D eigenvalue weighted by Crippen LogP contribution is -2.27. The first-order valence-corrected chi connectivity index (χ1v) is 10.6. The minimum absolute atomic E-state index is 0.0916. The molecule has 1 amide bonds. The van der Waals surface area contributed by atoms with Crippen LogP contribution in [0.5, 0.6) is 0 Å². The predicted molar refractivity (Wildman–Crippen MR) is 123 cm³/mol. The maximum absolute atomic E-state index is 12.7. The van der Waals surface area contributed by atoms with E-state index in [0.29, 0.717) is 17.6 Å². The van der Waals surface area contributed by atoms with Crippen molar-refractivity contribution in [2.24, 2.45) is 0 Å². The first-order valence-electron chi connectivity index (χ1n) is 10.6. The monoisotopic (exact) mass is 417 g/mol. The van der Waals surface area contributed by atoms with Crippen LogP contribution < -0.4 is 10.9 Å². The lowest BCUT2D eigenvalue weighted by Gasteiger charge is -2.14.